The van der Waals surface area contributed by atoms with E-state index in [9.17, 15) is 4.57 Å². The summed E-state index contributed by atoms with van der Waals surface area (Å²) in [7, 11) is -0.738. The van der Waals surface area contributed by atoms with Gasteiger partial charge in [-0.1, -0.05) is 62.6 Å². The minimum absolute atomic E-state index is 0.862. The molecule has 118 valence electrons. The molecule has 0 saturated heterocycles. The molecule has 0 aliphatic carbocycles. The molecular formula is C19H26NOP. The van der Waals surface area contributed by atoms with E-state index in [4.69, 9.17) is 0 Å². The zero-order chi connectivity index (χ0) is 15.8. The van der Waals surface area contributed by atoms with E-state index in [0.29, 0.717) is 0 Å². The summed E-state index contributed by atoms with van der Waals surface area (Å²) in [4.78, 5) is 0. The predicted octanol–water partition coefficient (Wildman–Crippen LogP) is 4.43. The summed E-state index contributed by atoms with van der Waals surface area (Å²) in [5.41, 5.74) is 0. The molecule has 0 aliphatic rings. The van der Waals surface area contributed by atoms with Gasteiger partial charge in [0, 0.05) is 17.2 Å². The van der Waals surface area contributed by atoms with Crippen LogP contribution in [0.1, 0.15) is 32.6 Å². The van der Waals surface area contributed by atoms with Crippen LogP contribution < -0.4 is 10.6 Å². The van der Waals surface area contributed by atoms with Gasteiger partial charge in [-0.2, -0.15) is 0 Å². The third-order valence-electron chi connectivity index (χ3n) is 4.03. The Morgan fingerprint density at radius 3 is 1.77 bits per heavy atom. The molecule has 0 amide bonds. The lowest BCUT2D eigenvalue weighted by molar-refractivity contribution is 0.463. The maximum absolute atomic E-state index is 13.9. The molecule has 0 heterocycles. The summed E-state index contributed by atoms with van der Waals surface area (Å²) in [6, 6.07) is 19.7. The van der Waals surface area contributed by atoms with Gasteiger partial charge in [-0.25, -0.2) is 4.67 Å². The van der Waals surface area contributed by atoms with Gasteiger partial charge in [0.05, 0.1) is 0 Å². The average Bonchev–Trinajstić information content (AvgIpc) is 2.59. The number of benzene rings is 2. The molecule has 0 aromatic heterocycles. The smallest absolute Gasteiger partial charge is 0.206 e. The van der Waals surface area contributed by atoms with Crippen LogP contribution in [0, 0.1) is 0 Å². The molecule has 2 aromatic carbocycles. The summed E-state index contributed by atoms with van der Waals surface area (Å²) in [5, 5.41) is 1.83. The maximum atomic E-state index is 13.9. The van der Waals surface area contributed by atoms with E-state index in [2.05, 4.69) is 11.6 Å². The van der Waals surface area contributed by atoms with E-state index in [0.717, 1.165) is 23.6 Å². The first-order valence-electron chi connectivity index (χ1n) is 8.12. The number of unbranched alkanes of at least 4 members (excludes halogenated alkanes) is 3. The zero-order valence-corrected chi connectivity index (χ0v) is 14.5. The highest BCUT2D eigenvalue weighted by Gasteiger charge is 2.31. The van der Waals surface area contributed by atoms with Crippen molar-refractivity contribution >= 4 is 17.9 Å². The SMILES string of the molecule is CCCCCCN(C)P(=O)(c1ccccc1)c1ccccc1. The first kappa shape index (κ1) is 17.0. The highest BCUT2D eigenvalue weighted by atomic mass is 31.2. The molecule has 0 saturated carbocycles. The van der Waals surface area contributed by atoms with E-state index >= 15 is 0 Å². The number of hydrogen-bond donors (Lipinski definition) is 0. The summed E-state index contributed by atoms with van der Waals surface area (Å²) < 4.78 is 16.0. The van der Waals surface area contributed by atoms with E-state index in [-0.39, 0.29) is 0 Å². The molecule has 2 aromatic rings. The van der Waals surface area contributed by atoms with Crippen molar-refractivity contribution < 1.29 is 4.57 Å². The molecule has 0 aliphatic heterocycles. The van der Waals surface area contributed by atoms with Gasteiger partial charge in [-0.05, 0) is 37.7 Å². The van der Waals surface area contributed by atoms with Gasteiger partial charge >= 0.3 is 0 Å². The topological polar surface area (TPSA) is 20.3 Å². The fourth-order valence-electron chi connectivity index (χ4n) is 2.71. The fourth-order valence-corrected chi connectivity index (χ4v) is 5.37. The van der Waals surface area contributed by atoms with Gasteiger partial charge in [0.2, 0.25) is 7.29 Å². The van der Waals surface area contributed by atoms with Crippen LogP contribution in [0.2, 0.25) is 0 Å². The van der Waals surface area contributed by atoms with Crippen LogP contribution in [0.4, 0.5) is 0 Å². The first-order chi connectivity index (χ1) is 10.7. The molecule has 0 spiro atoms. The number of hydrogen-bond acceptors (Lipinski definition) is 1. The Balaban J connectivity index is 2.29. The van der Waals surface area contributed by atoms with Crippen LogP contribution in [0.5, 0.6) is 0 Å². The molecule has 22 heavy (non-hydrogen) atoms. The maximum Gasteiger partial charge on any atom is 0.206 e. The van der Waals surface area contributed by atoms with Gasteiger partial charge in [0.1, 0.15) is 0 Å². The van der Waals surface area contributed by atoms with Crippen molar-refractivity contribution in [2.75, 3.05) is 13.6 Å². The van der Waals surface area contributed by atoms with Gasteiger partial charge < -0.3 is 0 Å². The van der Waals surface area contributed by atoms with Crippen LogP contribution in [0.3, 0.4) is 0 Å². The van der Waals surface area contributed by atoms with E-state index in [1.807, 2.05) is 67.7 Å². The quantitative estimate of drug-likeness (QED) is 0.530. The summed E-state index contributed by atoms with van der Waals surface area (Å²) in [6.07, 6.45) is 4.76. The molecule has 0 atom stereocenters. The highest BCUT2D eigenvalue weighted by Crippen LogP contribution is 2.46. The summed E-state index contributed by atoms with van der Waals surface area (Å²) in [5.74, 6) is 0. The second-order valence-electron chi connectivity index (χ2n) is 5.69. The molecule has 0 bridgehead atoms. The molecule has 3 heteroatoms. The van der Waals surface area contributed by atoms with Crippen LogP contribution in [0.25, 0.3) is 0 Å². The number of rotatable bonds is 8. The fraction of sp³-hybridized carbons (Fsp3) is 0.368. The largest absolute Gasteiger partial charge is 0.296 e. The highest BCUT2D eigenvalue weighted by molar-refractivity contribution is 7.76. The van der Waals surface area contributed by atoms with Gasteiger partial charge in [0.25, 0.3) is 0 Å². The first-order valence-corrected chi connectivity index (χ1v) is 9.78. The molecule has 2 rings (SSSR count). The molecule has 0 radical (unpaired) electrons. The summed E-state index contributed by atoms with van der Waals surface area (Å²) >= 11 is 0. The minimum Gasteiger partial charge on any atom is -0.296 e. The normalized spacial score (nSPS) is 11.8. The predicted molar refractivity (Wildman–Crippen MR) is 96.5 cm³/mol. The van der Waals surface area contributed by atoms with E-state index < -0.39 is 7.29 Å². The number of nitrogens with zero attached hydrogens (tertiary/aromatic N) is 1. The molecule has 0 N–H and O–H groups in total. The molecule has 0 fully saturated rings. The monoisotopic (exact) mass is 315 g/mol. The Kier molecular flexibility index (Phi) is 6.42. The Labute approximate surface area is 134 Å². The van der Waals surface area contributed by atoms with Crippen molar-refractivity contribution in [2.24, 2.45) is 0 Å². The standard InChI is InChI=1S/C19H26NOP/c1-3-4-5-12-17-20(2)22(21,18-13-8-6-9-14-18)19-15-10-7-11-16-19/h6-11,13-16H,3-5,12,17H2,1-2H3. The molecule has 2 nitrogen and oxygen atoms in total. The van der Waals surface area contributed by atoms with Crippen molar-refractivity contribution in [3.8, 4) is 0 Å². The van der Waals surface area contributed by atoms with Crippen LogP contribution in [-0.4, -0.2) is 18.3 Å². The van der Waals surface area contributed by atoms with Crippen molar-refractivity contribution in [3.05, 3.63) is 60.7 Å². The van der Waals surface area contributed by atoms with Gasteiger partial charge in [-0.15, -0.1) is 0 Å². The van der Waals surface area contributed by atoms with Crippen molar-refractivity contribution in [3.63, 3.8) is 0 Å². The summed E-state index contributed by atoms with van der Waals surface area (Å²) in [6.45, 7) is 3.07. The van der Waals surface area contributed by atoms with E-state index in [1.165, 1.54) is 19.3 Å². The Hall–Kier alpha value is -1.37. The Morgan fingerprint density at radius 1 is 0.818 bits per heavy atom. The van der Waals surface area contributed by atoms with E-state index in [1.54, 1.807) is 0 Å². The average molecular weight is 315 g/mol. The second-order valence-corrected chi connectivity index (χ2v) is 8.56. The van der Waals surface area contributed by atoms with Crippen LogP contribution >= 0.6 is 7.29 Å². The third kappa shape index (κ3) is 3.88. The molecular weight excluding hydrogens is 289 g/mol. The third-order valence-corrected chi connectivity index (χ3v) is 7.19. The molecule has 0 unspecified atom stereocenters. The van der Waals surface area contributed by atoms with Gasteiger partial charge in [0.15, 0.2) is 0 Å². The lowest BCUT2D eigenvalue weighted by Crippen LogP contribution is -2.30. The second kappa shape index (κ2) is 8.31. The van der Waals surface area contributed by atoms with Crippen molar-refractivity contribution in [1.29, 1.82) is 0 Å². The lowest BCUT2D eigenvalue weighted by atomic mass is 10.2. The Morgan fingerprint density at radius 2 is 1.32 bits per heavy atom. The van der Waals surface area contributed by atoms with Crippen LogP contribution in [-0.2, 0) is 4.57 Å². The lowest BCUT2D eigenvalue weighted by Gasteiger charge is -2.29. The Bertz CT molecular complexity index is 554. The van der Waals surface area contributed by atoms with Crippen molar-refractivity contribution in [1.82, 2.24) is 4.67 Å². The zero-order valence-electron chi connectivity index (χ0n) is 13.6. The minimum atomic E-state index is -2.73. The van der Waals surface area contributed by atoms with Gasteiger partial charge in [-0.3, -0.25) is 4.57 Å². The van der Waals surface area contributed by atoms with Crippen LogP contribution in [0.15, 0.2) is 60.7 Å². The van der Waals surface area contributed by atoms with Crippen molar-refractivity contribution in [2.45, 2.75) is 32.6 Å².